The van der Waals surface area contributed by atoms with Crippen LogP contribution in [-0.4, -0.2) is 39.6 Å². The second-order valence-electron chi connectivity index (χ2n) is 6.46. The van der Waals surface area contributed by atoms with Gasteiger partial charge in [0.2, 0.25) is 0 Å². The van der Waals surface area contributed by atoms with Crippen molar-refractivity contribution in [1.82, 2.24) is 14.7 Å². The van der Waals surface area contributed by atoms with Crippen molar-refractivity contribution in [1.29, 1.82) is 0 Å². The van der Waals surface area contributed by atoms with Crippen LogP contribution in [0.15, 0.2) is 6.20 Å². The summed E-state index contributed by atoms with van der Waals surface area (Å²) in [5.74, 6) is 0.293. The van der Waals surface area contributed by atoms with Gasteiger partial charge in [-0.05, 0) is 46.6 Å². The van der Waals surface area contributed by atoms with Crippen LogP contribution >= 0.6 is 11.6 Å². The third-order valence-electron chi connectivity index (χ3n) is 4.94. The molecule has 4 nitrogen and oxygen atoms in total. The summed E-state index contributed by atoms with van der Waals surface area (Å²) in [4.78, 5) is 15.3. The molecule has 2 aliphatic rings. The van der Waals surface area contributed by atoms with Crippen molar-refractivity contribution in [2.45, 2.75) is 57.7 Å². The van der Waals surface area contributed by atoms with Crippen LogP contribution in [0.5, 0.6) is 0 Å². The summed E-state index contributed by atoms with van der Waals surface area (Å²) in [5, 5.41) is 4.75. The maximum atomic E-state index is 12.9. The predicted molar refractivity (Wildman–Crippen MR) is 79.2 cm³/mol. The molecule has 3 heterocycles. The monoisotopic (exact) mass is 295 g/mol. The predicted octanol–water partition coefficient (Wildman–Crippen LogP) is 3.17. The van der Waals surface area contributed by atoms with E-state index in [1.54, 1.807) is 10.9 Å². The number of carbonyl (C=O) groups excluding carboxylic acids is 1. The third-order valence-corrected chi connectivity index (χ3v) is 5.22. The lowest BCUT2D eigenvalue weighted by Gasteiger charge is -2.35. The maximum Gasteiger partial charge on any atom is 0.185 e. The van der Waals surface area contributed by atoms with E-state index in [9.17, 15) is 4.79 Å². The average Bonchev–Trinajstić information content (AvgIpc) is 2.85. The lowest BCUT2D eigenvalue weighted by Crippen LogP contribution is -2.42. The molecule has 0 aliphatic carbocycles. The number of piperidine rings is 1. The Morgan fingerprint density at radius 1 is 1.35 bits per heavy atom. The number of hydrogen-bond donors (Lipinski definition) is 0. The number of rotatable bonds is 3. The van der Waals surface area contributed by atoms with E-state index in [1.165, 1.54) is 12.8 Å². The van der Waals surface area contributed by atoms with Crippen molar-refractivity contribution in [3.63, 3.8) is 0 Å². The van der Waals surface area contributed by atoms with Crippen LogP contribution in [-0.2, 0) is 0 Å². The molecule has 0 amide bonds. The van der Waals surface area contributed by atoms with E-state index in [2.05, 4.69) is 17.0 Å². The molecule has 2 unspecified atom stereocenters. The second kappa shape index (κ2) is 5.15. The first-order valence-corrected chi connectivity index (χ1v) is 7.86. The van der Waals surface area contributed by atoms with Gasteiger partial charge in [0.15, 0.2) is 5.78 Å². The zero-order chi connectivity index (χ0) is 14.4. The average molecular weight is 296 g/mol. The van der Waals surface area contributed by atoms with E-state index in [4.69, 9.17) is 11.6 Å². The van der Waals surface area contributed by atoms with Gasteiger partial charge in [0.25, 0.3) is 0 Å². The lowest BCUT2D eigenvalue weighted by atomic mass is 9.86. The number of hydrogen-bond acceptors (Lipinski definition) is 3. The first-order chi connectivity index (χ1) is 9.49. The molecular formula is C15H22ClN3O. The van der Waals surface area contributed by atoms with E-state index in [0.717, 1.165) is 12.8 Å². The Morgan fingerprint density at radius 2 is 1.95 bits per heavy atom. The molecule has 2 bridgehead atoms. The number of fused-ring (bicyclic) bond motifs is 2. The Morgan fingerprint density at radius 3 is 2.50 bits per heavy atom. The van der Waals surface area contributed by atoms with Crippen LogP contribution in [0.1, 0.15) is 56.1 Å². The number of ketones is 1. The largest absolute Gasteiger partial charge is 0.300 e. The van der Waals surface area contributed by atoms with Crippen molar-refractivity contribution in [3.8, 4) is 0 Å². The van der Waals surface area contributed by atoms with Crippen LogP contribution in [0.2, 0.25) is 5.02 Å². The van der Waals surface area contributed by atoms with Gasteiger partial charge in [-0.2, -0.15) is 5.10 Å². The zero-order valence-electron chi connectivity index (χ0n) is 12.3. The standard InChI is InChI=1S/C15H22ClN3O/c1-9(2)19-14(13(16)8-17-19)15(20)10-6-11-4-5-12(7-10)18(11)3/h8-12H,4-7H2,1-3H3. The van der Waals surface area contributed by atoms with Crippen molar-refractivity contribution >= 4 is 17.4 Å². The fourth-order valence-corrected chi connectivity index (χ4v) is 4.01. The summed E-state index contributed by atoms with van der Waals surface area (Å²) in [6.45, 7) is 4.05. The van der Waals surface area contributed by atoms with Gasteiger partial charge in [-0.15, -0.1) is 0 Å². The third kappa shape index (κ3) is 2.19. The fraction of sp³-hybridized carbons (Fsp3) is 0.733. The minimum atomic E-state index is 0.107. The SMILES string of the molecule is CC(C)n1ncc(Cl)c1C(=O)C1CC2CCC(C1)N2C. The van der Waals surface area contributed by atoms with Crippen molar-refractivity contribution in [2.24, 2.45) is 5.92 Å². The smallest absolute Gasteiger partial charge is 0.185 e. The van der Waals surface area contributed by atoms with Gasteiger partial charge in [-0.25, -0.2) is 0 Å². The maximum absolute atomic E-state index is 12.9. The molecule has 0 radical (unpaired) electrons. The van der Waals surface area contributed by atoms with Gasteiger partial charge in [-0.3, -0.25) is 9.48 Å². The van der Waals surface area contributed by atoms with E-state index >= 15 is 0 Å². The molecule has 3 rings (SSSR count). The van der Waals surface area contributed by atoms with Crippen LogP contribution in [0.25, 0.3) is 0 Å². The highest BCUT2D eigenvalue weighted by molar-refractivity contribution is 6.33. The van der Waals surface area contributed by atoms with Crippen LogP contribution in [0.4, 0.5) is 0 Å². The Labute approximate surface area is 125 Å². The minimum absolute atomic E-state index is 0.107. The molecule has 1 aromatic heterocycles. The van der Waals surface area contributed by atoms with Crippen LogP contribution in [0, 0.1) is 5.92 Å². The molecule has 2 fully saturated rings. The van der Waals surface area contributed by atoms with Gasteiger partial charge in [-0.1, -0.05) is 11.6 Å². The van der Waals surface area contributed by atoms with Crippen molar-refractivity contribution in [3.05, 3.63) is 16.9 Å². The molecule has 5 heteroatoms. The molecule has 2 saturated heterocycles. The summed E-state index contributed by atoms with van der Waals surface area (Å²) < 4.78 is 1.77. The Balaban J connectivity index is 1.85. The highest BCUT2D eigenvalue weighted by Gasteiger charge is 2.42. The molecule has 2 aliphatic heterocycles. The van der Waals surface area contributed by atoms with Gasteiger partial charge < -0.3 is 4.90 Å². The van der Waals surface area contributed by atoms with Gasteiger partial charge in [0, 0.05) is 24.0 Å². The Hall–Kier alpha value is -0.870. The fourth-order valence-electron chi connectivity index (χ4n) is 3.78. The summed E-state index contributed by atoms with van der Waals surface area (Å²) in [6.07, 6.45) is 5.97. The molecule has 2 atom stereocenters. The number of carbonyl (C=O) groups is 1. The van der Waals surface area contributed by atoms with Crippen molar-refractivity contribution in [2.75, 3.05) is 7.05 Å². The molecule has 0 N–H and O–H groups in total. The normalized spacial score (nSPS) is 30.1. The highest BCUT2D eigenvalue weighted by Crippen LogP contribution is 2.39. The second-order valence-corrected chi connectivity index (χ2v) is 6.87. The first-order valence-electron chi connectivity index (χ1n) is 7.48. The Kier molecular flexibility index (Phi) is 3.63. The van der Waals surface area contributed by atoms with Gasteiger partial charge in [0.05, 0.1) is 11.2 Å². The quantitative estimate of drug-likeness (QED) is 0.804. The van der Waals surface area contributed by atoms with Crippen molar-refractivity contribution < 1.29 is 4.79 Å². The van der Waals surface area contributed by atoms with E-state index < -0.39 is 0 Å². The number of Topliss-reactive ketones (excluding diaryl/α,β-unsaturated/α-hetero) is 1. The molecule has 20 heavy (non-hydrogen) atoms. The van der Waals surface area contributed by atoms with Crippen LogP contribution in [0.3, 0.4) is 0 Å². The zero-order valence-corrected chi connectivity index (χ0v) is 13.1. The number of nitrogens with zero attached hydrogens (tertiary/aromatic N) is 3. The molecule has 110 valence electrons. The van der Waals surface area contributed by atoms with E-state index in [0.29, 0.717) is 22.8 Å². The molecule has 1 aromatic rings. The lowest BCUT2D eigenvalue weighted by molar-refractivity contribution is 0.0755. The van der Waals surface area contributed by atoms with E-state index in [1.807, 2.05) is 13.8 Å². The first kappa shape index (κ1) is 14.1. The summed E-state index contributed by atoms with van der Waals surface area (Å²) in [7, 11) is 2.19. The molecule has 0 spiro atoms. The summed E-state index contributed by atoms with van der Waals surface area (Å²) >= 11 is 6.21. The highest BCUT2D eigenvalue weighted by atomic mass is 35.5. The van der Waals surface area contributed by atoms with Gasteiger partial charge in [0.1, 0.15) is 5.69 Å². The summed E-state index contributed by atoms with van der Waals surface area (Å²) in [5.41, 5.74) is 0.607. The molecule has 0 saturated carbocycles. The Bertz CT molecular complexity index is 511. The topological polar surface area (TPSA) is 38.1 Å². The summed E-state index contributed by atoms with van der Waals surface area (Å²) in [6, 6.07) is 1.29. The number of halogens is 1. The van der Waals surface area contributed by atoms with Crippen LogP contribution < -0.4 is 0 Å². The van der Waals surface area contributed by atoms with E-state index in [-0.39, 0.29) is 17.7 Å². The number of aromatic nitrogens is 2. The minimum Gasteiger partial charge on any atom is -0.300 e. The van der Waals surface area contributed by atoms with Gasteiger partial charge >= 0.3 is 0 Å². The molecular weight excluding hydrogens is 274 g/mol. The molecule has 0 aromatic carbocycles.